The first kappa shape index (κ1) is 29.3. The molecule has 0 bridgehead atoms. The maximum atomic E-state index is 13.9. The van der Waals surface area contributed by atoms with Gasteiger partial charge in [-0.3, -0.25) is 19.0 Å². The highest BCUT2D eigenvalue weighted by Gasteiger charge is 2.45. The largest absolute Gasteiger partial charge is 0.493 e. The summed E-state index contributed by atoms with van der Waals surface area (Å²) in [6.45, 7) is 2.21. The quantitative estimate of drug-likeness (QED) is 0.174. The highest BCUT2D eigenvalue weighted by atomic mass is 32.3. The molecule has 9 nitrogen and oxygen atoms in total. The number of fused-ring (bicyclic) bond motifs is 1. The van der Waals surface area contributed by atoms with Gasteiger partial charge >= 0.3 is 6.03 Å². The van der Waals surface area contributed by atoms with Crippen LogP contribution in [0, 0.1) is 6.92 Å². The van der Waals surface area contributed by atoms with Gasteiger partial charge in [0.25, 0.3) is 0 Å². The number of anilines is 1. The Balaban J connectivity index is 1.28. The Hall–Kier alpha value is -4.77. The van der Waals surface area contributed by atoms with Gasteiger partial charge in [0.15, 0.2) is 11.5 Å². The van der Waals surface area contributed by atoms with E-state index in [0.29, 0.717) is 45.5 Å². The van der Waals surface area contributed by atoms with E-state index in [9.17, 15) is 13.9 Å². The normalized spacial score (nSPS) is 15.5. The minimum atomic E-state index is -3.60. The van der Waals surface area contributed by atoms with Crippen molar-refractivity contribution in [3.05, 3.63) is 114 Å². The van der Waals surface area contributed by atoms with Crippen molar-refractivity contribution >= 4 is 33.4 Å². The van der Waals surface area contributed by atoms with E-state index < -0.39 is 22.8 Å². The molecule has 2 N–H and O–H groups in total. The number of aromatic nitrogens is 1. The average molecular weight is 612 g/mol. The van der Waals surface area contributed by atoms with Crippen LogP contribution in [0.3, 0.4) is 0 Å². The minimum Gasteiger partial charge on any atom is -0.493 e. The summed E-state index contributed by atoms with van der Waals surface area (Å²) in [5.74, 6) is 2.28. The summed E-state index contributed by atoms with van der Waals surface area (Å²) in [6.07, 6.45) is 2.13. The maximum Gasteiger partial charge on any atom is 0.343 e. The molecular weight excluding hydrogens is 578 g/mol. The molecule has 1 atom stereocenters. The van der Waals surface area contributed by atoms with Gasteiger partial charge in [-0.1, -0.05) is 58.8 Å². The monoisotopic (exact) mass is 611 g/mol. The summed E-state index contributed by atoms with van der Waals surface area (Å²) < 4.78 is 41.3. The summed E-state index contributed by atoms with van der Waals surface area (Å²) >= 11 is 0. The first-order chi connectivity index (χ1) is 21.3. The van der Waals surface area contributed by atoms with Gasteiger partial charge in [-0.15, -0.1) is 0 Å². The lowest BCUT2D eigenvalue weighted by atomic mass is 10.1. The van der Waals surface area contributed by atoms with Crippen LogP contribution in [0.25, 0.3) is 10.9 Å². The van der Waals surface area contributed by atoms with Crippen molar-refractivity contribution < 1.29 is 28.1 Å². The molecule has 0 spiro atoms. The number of nitrogens with zero attached hydrogens (tertiary/aromatic N) is 3. The summed E-state index contributed by atoms with van der Waals surface area (Å²) in [4.78, 5) is 20.2. The zero-order chi connectivity index (χ0) is 30.8. The molecule has 0 saturated carbocycles. The van der Waals surface area contributed by atoms with Crippen LogP contribution in [-0.2, 0) is 6.42 Å². The van der Waals surface area contributed by atoms with Crippen molar-refractivity contribution in [1.29, 1.82) is 0 Å². The lowest BCUT2D eigenvalue weighted by Gasteiger charge is -2.43. The summed E-state index contributed by atoms with van der Waals surface area (Å²) in [6, 6.07) is 28.3. The van der Waals surface area contributed by atoms with E-state index in [1.807, 2.05) is 55.5 Å². The van der Waals surface area contributed by atoms with E-state index in [-0.39, 0.29) is 6.54 Å². The molecule has 4 aromatic carbocycles. The Labute approximate surface area is 257 Å². The number of carbonyl (C=O) groups is 1. The van der Waals surface area contributed by atoms with Crippen molar-refractivity contribution in [2.24, 2.45) is 0 Å². The Morgan fingerprint density at radius 1 is 0.864 bits per heavy atom. The molecule has 1 aromatic heterocycles. The van der Waals surface area contributed by atoms with E-state index in [0.717, 1.165) is 16.5 Å². The van der Waals surface area contributed by atoms with Crippen molar-refractivity contribution in [1.82, 2.24) is 9.29 Å². The summed E-state index contributed by atoms with van der Waals surface area (Å²) in [5.41, 5.74) is 3.29. The predicted molar refractivity (Wildman–Crippen MR) is 172 cm³/mol. The van der Waals surface area contributed by atoms with Crippen LogP contribution in [0.15, 0.2) is 108 Å². The molecule has 10 heteroatoms. The van der Waals surface area contributed by atoms with Crippen LogP contribution < -0.4 is 19.1 Å². The Kier molecular flexibility index (Phi) is 8.05. The molecule has 0 aliphatic carbocycles. The van der Waals surface area contributed by atoms with Gasteiger partial charge < -0.3 is 14.2 Å². The number of urea groups is 1. The van der Waals surface area contributed by atoms with Gasteiger partial charge in [0, 0.05) is 23.3 Å². The summed E-state index contributed by atoms with van der Waals surface area (Å²) in [5, 5.41) is 0.754. The number of hydrogen-bond donors (Lipinski definition) is 2. The summed E-state index contributed by atoms with van der Waals surface area (Å²) in [7, 11) is -0.455. The third kappa shape index (κ3) is 5.62. The first-order valence-corrected chi connectivity index (χ1v) is 15.6. The fourth-order valence-electron chi connectivity index (χ4n) is 5.40. The third-order valence-electron chi connectivity index (χ3n) is 7.65. The minimum absolute atomic E-state index is 0.284. The van der Waals surface area contributed by atoms with Gasteiger partial charge in [0.2, 0.25) is 0 Å². The Bertz CT molecular complexity index is 1780. The Morgan fingerprint density at radius 3 is 2.23 bits per heavy atom. The second kappa shape index (κ2) is 12.1. The molecule has 1 saturated heterocycles. The second-order valence-electron chi connectivity index (χ2n) is 10.5. The number of carbonyl (C=O) groups excluding carboxylic acids is 1. The van der Waals surface area contributed by atoms with Crippen LogP contribution >= 0.6 is 10.8 Å². The fourth-order valence-corrected chi connectivity index (χ4v) is 7.00. The average Bonchev–Trinajstić information content (AvgIpc) is 3.37. The number of ether oxygens (including phenoxy) is 3. The highest BCUT2D eigenvalue weighted by molar-refractivity contribution is 8.22. The highest BCUT2D eigenvalue weighted by Crippen LogP contribution is 2.55. The maximum absolute atomic E-state index is 13.9. The van der Waals surface area contributed by atoms with Crippen LogP contribution in [0.5, 0.6) is 23.0 Å². The smallest absolute Gasteiger partial charge is 0.343 e. The van der Waals surface area contributed by atoms with Crippen molar-refractivity contribution in [2.75, 3.05) is 25.7 Å². The third-order valence-corrected chi connectivity index (χ3v) is 9.56. The molecule has 1 aliphatic rings. The SMILES string of the molecule is COc1cc2nccc(Oc3ccc(N4CC(Cc5ccccc5)N(S(O)(O)c5ccc(C)cc5)C4=O)cc3)c2cc1OC. The standard InChI is InChI=1S/C34H33N3O6S/c1-23-9-15-28(16-10-23)44(39,40)37-26(19-24-7-5-4-6-8-24)22-36(34(37)38)25-11-13-27(14-12-25)43-31-17-18-35-30-21-33(42-3)32(41-2)20-29(30)31/h4-18,20-21,26,39-40H,19,22H2,1-3H3. The predicted octanol–water partition coefficient (Wildman–Crippen LogP) is 7.93. The zero-order valence-electron chi connectivity index (χ0n) is 24.6. The molecule has 44 heavy (non-hydrogen) atoms. The molecule has 6 rings (SSSR count). The topological polar surface area (TPSA) is 105 Å². The van der Waals surface area contributed by atoms with Crippen LogP contribution in [-0.4, -0.2) is 51.2 Å². The number of methoxy groups -OCH3 is 2. The molecule has 1 fully saturated rings. The number of hydrogen-bond acceptors (Lipinski definition) is 7. The Morgan fingerprint density at radius 2 is 1.55 bits per heavy atom. The van der Waals surface area contributed by atoms with Crippen LogP contribution in [0.2, 0.25) is 0 Å². The zero-order valence-corrected chi connectivity index (χ0v) is 25.4. The van der Waals surface area contributed by atoms with Gasteiger partial charge in [-0.25, -0.2) is 9.10 Å². The number of rotatable bonds is 9. The molecule has 0 radical (unpaired) electrons. The molecule has 5 aromatic rings. The van der Waals surface area contributed by atoms with E-state index in [2.05, 4.69) is 4.98 Å². The van der Waals surface area contributed by atoms with Crippen molar-refractivity contribution in [2.45, 2.75) is 24.3 Å². The van der Waals surface area contributed by atoms with Crippen molar-refractivity contribution in [3.8, 4) is 23.0 Å². The van der Waals surface area contributed by atoms with Gasteiger partial charge in [-0.05, 0) is 67.4 Å². The molecule has 2 amide bonds. The molecular formula is C34H33N3O6S. The number of pyridine rings is 1. The number of amides is 2. The van der Waals surface area contributed by atoms with Crippen LogP contribution in [0.4, 0.5) is 10.5 Å². The number of aryl methyl sites for hydroxylation is 1. The van der Waals surface area contributed by atoms with E-state index >= 15 is 0 Å². The van der Waals surface area contributed by atoms with Gasteiger partial charge in [0.05, 0.1) is 37.2 Å². The van der Waals surface area contributed by atoms with E-state index in [1.54, 1.807) is 73.8 Å². The lowest BCUT2D eigenvalue weighted by Crippen LogP contribution is -2.38. The second-order valence-corrected chi connectivity index (χ2v) is 12.4. The van der Waals surface area contributed by atoms with E-state index in [4.69, 9.17) is 14.2 Å². The van der Waals surface area contributed by atoms with E-state index in [1.165, 1.54) is 4.31 Å². The van der Waals surface area contributed by atoms with Crippen LogP contribution in [0.1, 0.15) is 11.1 Å². The lowest BCUT2D eigenvalue weighted by molar-refractivity contribution is 0.229. The number of benzene rings is 4. The van der Waals surface area contributed by atoms with Crippen molar-refractivity contribution in [3.63, 3.8) is 0 Å². The van der Waals surface area contributed by atoms with Gasteiger partial charge in [-0.2, -0.15) is 0 Å². The fraction of sp³-hybridized carbons (Fsp3) is 0.176. The van der Waals surface area contributed by atoms with Gasteiger partial charge in [0.1, 0.15) is 11.5 Å². The molecule has 226 valence electrons. The molecule has 2 heterocycles. The first-order valence-electron chi connectivity index (χ1n) is 14.1. The molecule has 1 unspecified atom stereocenters. The molecule has 1 aliphatic heterocycles.